The highest BCUT2D eigenvalue weighted by Gasteiger charge is 2.40. The van der Waals surface area contributed by atoms with Crippen LogP contribution in [-0.4, -0.2) is 27.9 Å². The molecule has 1 atom stereocenters. The van der Waals surface area contributed by atoms with Crippen molar-refractivity contribution in [1.29, 1.82) is 0 Å². The van der Waals surface area contributed by atoms with Crippen molar-refractivity contribution in [3.63, 3.8) is 0 Å². The Kier molecular flexibility index (Phi) is 5.42. The van der Waals surface area contributed by atoms with E-state index in [0.29, 0.717) is 12.5 Å². The fraction of sp³-hybridized carbons (Fsp3) is 0.222. The number of carbonyl (C=O) groups is 2. The molecule has 5 rings (SSSR count). The highest BCUT2D eigenvalue weighted by molar-refractivity contribution is 6.05. The van der Waals surface area contributed by atoms with Gasteiger partial charge in [-0.15, -0.1) is 0 Å². The van der Waals surface area contributed by atoms with E-state index < -0.39 is 6.04 Å². The lowest BCUT2D eigenvalue weighted by Crippen LogP contribution is -2.33. The molecule has 2 heterocycles. The van der Waals surface area contributed by atoms with Crippen molar-refractivity contribution in [1.82, 2.24) is 9.55 Å². The standard InChI is InChI=1S/C27H26N4O2/c1-18-12-13-21(19(2)16-18)28-25(32)17-24-26(33)30(15-14-20-8-4-3-5-9-20)27-29-22-10-6-7-11-23(22)31(24)27/h3-13,16,24H,14-15,17H2,1-2H3,(H,28,32)/t24-/m0/s1. The van der Waals surface area contributed by atoms with Gasteiger partial charge in [0.15, 0.2) is 0 Å². The largest absolute Gasteiger partial charge is 0.326 e. The van der Waals surface area contributed by atoms with E-state index in [-0.39, 0.29) is 18.2 Å². The summed E-state index contributed by atoms with van der Waals surface area (Å²) in [7, 11) is 0. The Hall–Kier alpha value is -3.93. The molecular weight excluding hydrogens is 412 g/mol. The van der Waals surface area contributed by atoms with Gasteiger partial charge in [0, 0.05) is 12.2 Å². The van der Waals surface area contributed by atoms with Crippen LogP contribution in [0.5, 0.6) is 0 Å². The first-order chi connectivity index (χ1) is 16.0. The minimum atomic E-state index is -0.617. The van der Waals surface area contributed by atoms with E-state index in [1.807, 2.05) is 79.1 Å². The number of fused-ring (bicyclic) bond motifs is 3. The van der Waals surface area contributed by atoms with Gasteiger partial charge in [0.25, 0.3) is 5.91 Å². The summed E-state index contributed by atoms with van der Waals surface area (Å²) in [4.78, 5) is 32.9. The molecule has 6 heteroatoms. The summed E-state index contributed by atoms with van der Waals surface area (Å²) in [6.45, 7) is 4.50. The molecule has 1 N–H and O–H groups in total. The zero-order valence-corrected chi connectivity index (χ0v) is 18.8. The van der Waals surface area contributed by atoms with Crippen LogP contribution in [0.1, 0.15) is 29.2 Å². The summed E-state index contributed by atoms with van der Waals surface area (Å²) < 4.78 is 1.92. The van der Waals surface area contributed by atoms with Gasteiger partial charge in [-0.25, -0.2) is 4.98 Å². The molecule has 0 aliphatic carbocycles. The van der Waals surface area contributed by atoms with E-state index in [1.165, 1.54) is 0 Å². The maximum absolute atomic E-state index is 13.5. The number of rotatable bonds is 6. The topological polar surface area (TPSA) is 67.2 Å². The summed E-state index contributed by atoms with van der Waals surface area (Å²) in [6.07, 6.45) is 0.776. The van der Waals surface area contributed by atoms with Gasteiger partial charge < -0.3 is 5.32 Å². The van der Waals surface area contributed by atoms with Crippen molar-refractivity contribution < 1.29 is 9.59 Å². The van der Waals surface area contributed by atoms with E-state index in [4.69, 9.17) is 4.98 Å². The SMILES string of the molecule is Cc1ccc(NC(=O)C[C@H]2C(=O)N(CCc3ccccc3)c3nc4ccccc4n32)c(C)c1. The molecule has 0 bridgehead atoms. The quantitative estimate of drug-likeness (QED) is 0.470. The van der Waals surface area contributed by atoms with Gasteiger partial charge >= 0.3 is 0 Å². The lowest BCUT2D eigenvalue weighted by Gasteiger charge is -2.16. The number of benzene rings is 3. The predicted octanol–water partition coefficient (Wildman–Crippen LogP) is 4.81. The second kappa shape index (κ2) is 8.54. The van der Waals surface area contributed by atoms with E-state index in [1.54, 1.807) is 4.90 Å². The van der Waals surface area contributed by atoms with Crippen LogP contribution in [0.3, 0.4) is 0 Å². The number of hydrogen-bond donors (Lipinski definition) is 1. The molecule has 0 saturated carbocycles. The molecule has 0 spiro atoms. The number of aryl methyl sites for hydroxylation is 2. The van der Waals surface area contributed by atoms with Gasteiger partial charge in [-0.1, -0.05) is 60.2 Å². The number of aromatic nitrogens is 2. The molecule has 0 radical (unpaired) electrons. The number of nitrogens with zero attached hydrogens (tertiary/aromatic N) is 3. The molecule has 4 aromatic rings. The Morgan fingerprint density at radius 3 is 2.55 bits per heavy atom. The molecule has 0 unspecified atom stereocenters. The molecule has 0 saturated heterocycles. The van der Waals surface area contributed by atoms with Crippen LogP contribution in [0.4, 0.5) is 11.6 Å². The van der Waals surface area contributed by atoms with Crippen LogP contribution in [-0.2, 0) is 16.0 Å². The zero-order valence-electron chi connectivity index (χ0n) is 18.8. The predicted molar refractivity (Wildman–Crippen MR) is 130 cm³/mol. The third-order valence-electron chi connectivity index (χ3n) is 6.18. The molecule has 1 aliphatic rings. The molecule has 1 aliphatic heterocycles. The molecule has 33 heavy (non-hydrogen) atoms. The number of carbonyl (C=O) groups excluding carboxylic acids is 2. The van der Waals surface area contributed by atoms with Crippen LogP contribution < -0.4 is 10.2 Å². The normalized spacial score (nSPS) is 15.2. The van der Waals surface area contributed by atoms with Crippen LogP contribution in [0.25, 0.3) is 11.0 Å². The first kappa shape index (κ1) is 20.9. The van der Waals surface area contributed by atoms with Crippen LogP contribution >= 0.6 is 0 Å². The number of hydrogen-bond acceptors (Lipinski definition) is 3. The smallest absolute Gasteiger partial charge is 0.253 e. The highest BCUT2D eigenvalue weighted by Crippen LogP contribution is 2.36. The van der Waals surface area contributed by atoms with Crippen LogP contribution in [0.2, 0.25) is 0 Å². The van der Waals surface area contributed by atoms with Gasteiger partial charge in [0.05, 0.1) is 17.5 Å². The van der Waals surface area contributed by atoms with E-state index in [0.717, 1.165) is 39.8 Å². The summed E-state index contributed by atoms with van der Waals surface area (Å²) in [5.74, 6) is 0.338. The van der Waals surface area contributed by atoms with E-state index >= 15 is 0 Å². The van der Waals surface area contributed by atoms with Gasteiger partial charge in [-0.05, 0) is 49.6 Å². The van der Waals surface area contributed by atoms with Crippen molar-refractivity contribution in [3.8, 4) is 0 Å². The molecule has 6 nitrogen and oxygen atoms in total. The Morgan fingerprint density at radius 1 is 1.00 bits per heavy atom. The van der Waals surface area contributed by atoms with Gasteiger partial charge in [0.1, 0.15) is 6.04 Å². The second-order valence-electron chi connectivity index (χ2n) is 8.58. The Bertz CT molecular complexity index is 1340. The van der Waals surface area contributed by atoms with Crippen molar-refractivity contribution >= 4 is 34.5 Å². The lowest BCUT2D eigenvalue weighted by atomic mass is 10.1. The van der Waals surface area contributed by atoms with Gasteiger partial charge in [-0.3, -0.25) is 19.1 Å². The first-order valence-electron chi connectivity index (χ1n) is 11.2. The maximum Gasteiger partial charge on any atom is 0.253 e. The molecule has 1 aromatic heterocycles. The van der Waals surface area contributed by atoms with E-state index in [2.05, 4.69) is 17.4 Å². The number of nitrogens with one attached hydrogen (secondary N) is 1. The zero-order chi connectivity index (χ0) is 22.9. The van der Waals surface area contributed by atoms with Gasteiger partial charge in [0.2, 0.25) is 11.9 Å². The van der Waals surface area contributed by atoms with Crippen molar-refractivity contribution in [2.24, 2.45) is 0 Å². The summed E-state index contributed by atoms with van der Waals surface area (Å²) in [6, 6.07) is 23.1. The summed E-state index contributed by atoms with van der Waals surface area (Å²) >= 11 is 0. The minimum absolute atomic E-state index is 0.0569. The number of para-hydroxylation sites is 2. The molecule has 3 aromatic carbocycles. The van der Waals surface area contributed by atoms with Crippen LogP contribution in [0.15, 0.2) is 72.8 Å². The minimum Gasteiger partial charge on any atom is -0.326 e. The molecular formula is C27H26N4O2. The Labute approximate surface area is 192 Å². The molecule has 0 fully saturated rings. The fourth-order valence-electron chi connectivity index (χ4n) is 4.52. The Morgan fingerprint density at radius 2 is 1.76 bits per heavy atom. The van der Waals surface area contributed by atoms with Crippen molar-refractivity contribution in [3.05, 3.63) is 89.5 Å². The number of imidazole rings is 1. The third-order valence-corrected chi connectivity index (χ3v) is 6.18. The second-order valence-corrected chi connectivity index (χ2v) is 8.58. The van der Waals surface area contributed by atoms with Gasteiger partial charge in [-0.2, -0.15) is 0 Å². The lowest BCUT2D eigenvalue weighted by molar-refractivity contribution is -0.124. The monoisotopic (exact) mass is 438 g/mol. The van der Waals surface area contributed by atoms with E-state index in [9.17, 15) is 9.59 Å². The average Bonchev–Trinajstić information content (AvgIpc) is 3.30. The number of anilines is 2. The Balaban J connectivity index is 1.42. The van der Waals surface area contributed by atoms with Crippen molar-refractivity contribution in [2.75, 3.05) is 16.8 Å². The average molecular weight is 439 g/mol. The summed E-state index contributed by atoms with van der Waals surface area (Å²) in [5.41, 5.74) is 5.76. The fourth-order valence-corrected chi connectivity index (χ4v) is 4.52. The highest BCUT2D eigenvalue weighted by atomic mass is 16.2. The number of amides is 2. The van der Waals surface area contributed by atoms with Crippen LogP contribution in [0, 0.1) is 13.8 Å². The first-order valence-corrected chi connectivity index (χ1v) is 11.2. The maximum atomic E-state index is 13.5. The molecule has 166 valence electrons. The molecule has 2 amide bonds. The van der Waals surface area contributed by atoms with Crippen molar-refractivity contribution in [2.45, 2.75) is 32.7 Å². The summed E-state index contributed by atoms with van der Waals surface area (Å²) in [5, 5.41) is 2.99. The third kappa shape index (κ3) is 4.00.